The Morgan fingerprint density at radius 1 is 1.50 bits per heavy atom. The van der Waals surface area contributed by atoms with Crippen LogP contribution in [0.5, 0.6) is 0 Å². The number of aromatic nitrogens is 1. The number of pyridine rings is 1. The van der Waals surface area contributed by atoms with Crippen molar-refractivity contribution in [2.45, 2.75) is 18.4 Å². The summed E-state index contributed by atoms with van der Waals surface area (Å²) in [7, 11) is 0. The second-order valence-corrected chi connectivity index (χ2v) is 3.79. The quantitative estimate of drug-likeness (QED) is 0.597. The van der Waals surface area contributed by atoms with Crippen molar-refractivity contribution in [3.05, 3.63) is 24.0 Å². The van der Waals surface area contributed by atoms with Gasteiger partial charge in [-0.3, -0.25) is 4.98 Å². The van der Waals surface area contributed by atoms with Gasteiger partial charge in [0.25, 0.3) is 0 Å². The molecule has 14 heavy (non-hydrogen) atoms. The number of nitrogens with two attached hydrogens (primary N) is 1. The zero-order valence-electron chi connectivity index (χ0n) is 8.03. The third-order valence-corrected chi connectivity index (χ3v) is 2.62. The summed E-state index contributed by atoms with van der Waals surface area (Å²) in [6, 6.07) is 3.57. The Kier molecular flexibility index (Phi) is 2.39. The fourth-order valence-corrected chi connectivity index (χ4v) is 1.79. The molecule has 1 saturated heterocycles. The maximum Gasteiger partial charge on any atom is 0.119 e. The number of piperidine rings is 1. The lowest BCUT2D eigenvalue weighted by atomic mass is 9.90. The SMILES string of the molecule is Nc1ccc(C2(O)CCCNC2)nc1. The minimum Gasteiger partial charge on any atom is -0.397 e. The van der Waals surface area contributed by atoms with E-state index in [1.54, 1.807) is 18.3 Å². The molecule has 4 N–H and O–H groups in total. The summed E-state index contributed by atoms with van der Waals surface area (Å²) in [5.41, 5.74) is 6.06. The van der Waals surface area contributed by atoms with Crippen molar-refractivity contribution in [2.75, 3.05) is 18.8 Å². The number of nitrogen functional groups attached to an aromatic ring is 1. The molecular weight excluding hydrogens is 178 g/mol. The predicted octanol–water partition coefficient (Wildman–Crippen LogP) is 0.235. The van der Waals surface area contributed by atoms with Gasteiger partial charge in [0.15, 0.2) is 0 Å². The zero-order chi connectivity index (χ0) is 10.0. The minimum atomic E-state index is -0.814. The van der Waals surface area contributed by atoms with Crippen LogP contribution >= 0.6 is 0 Å². The molecule has 2 rings (SSSR count). The normalized spacial score (nSPS) is 27.5. The number of anilines is 1. The number of aliphatic hydroxyl groups is 1. The molecule has 1 aliphatic rings. The molecule has 1 aromatic heterocycles. The van der Waals surface area contributed by atoms with Gasteiger partial charge in [-0.25, -0.2) is 0 Å². The molecule has 2 heterocycles. The highest BCUT2D eigenvalue weighted by Crippen LogP contribution is 2.26. The maximum absolute atomic E-state index is 10.3. The predicted molar refractivity (Wildman–Crippen MR) is 54.6 cm³/mol. The summed E-state index contributed by atoms with van der Waals surface area (Å²) in [6.07, 6.45) is 3.32. The van der Waals surface area contributed by atoms with Crippen LogP contribution in [0.4, 0.5) is 5.69 Å². The number of hydrogen-bond acceptors (Lipinski definition) is 4. The van der Waals surface area contributed by atoms with Crippen LogP contribution in [0.2, 0.25) is 0 Å². The number of hydrogen-bond donors (Lipinski definition) is 3. The van der Waals surface area contributed by atoms with Crippen LogP contribution in [0, 0.1) is 0 Å². The van der Waals surface area contributed by atoms with E-state index in [9.17, 15) is 5.11 Å². The molecule has 0 amide bonds. The van der Waals surface area contributed by atoms with Crippen LogP contribution in [0.3, 0.4) is 0 Å². The van der Waals surface area contributed by atoms with Crippen LogP contribution in [0.15, 0.2) is 18.3 Å². The molecule has 1 aliphatic heterocycles. The van der Waals surface area contributed by atoms with E-state index >= 15 is 0 Å². The van der Waals surface area contributed by atoms with Crippen LogP contribution in [0.1, 0.15) is 18.5 Å². The highest BCUT2D eigenvalue weighted by molar-refractivity contribution is 5.35. The van der Waals surface area contributed by atoms with Crippen molar-refractivity contribution in [1.29, 1.82) is 0 Å². The molecule has 0 spiro atoms. The first-order chi connectivity index (χ1) is 6.71. The van der Waals surface area contributed by atoms with Crippen molar-refractivity contribution >= 4 is 5.69 Å². The van der Waals surface area contributed by atoms with Crippen molar-refractivity contribution in [2.24, 2.45) is 0 Å². The van der Waals surface area contributed by atoms with Gasteiger partial charge in [-0.2, -0.15) is 0 Å². The van der Waals surface area contributed by atoms with Crippen LogP contribution in [-0.2, 0) is 5.60 Å². The molecule has 0 radical (unpaired) electrons. The third kappa shape index (κ3) is 1.71. The first-order valence-corrected chi connectivity index (χ1v) is 4.86. The molecular formula is C10H15N3O. The van der Waals surface area contributed by atoms with Gasteiger partial charge >= 0.3 is 0 Å². The van der Waals surface area contributed by atoms with E-state index in [2.05, 4.69) is 10.3 Å². The van der Waals surface area contributed by atoms with E-state index < -0.39 is 5.60 Å². The van der Waals surface area contributed by atoms with Crippen molar-refractivity contribution in [3.63, 3.8) is 0 Å². The largest absolute Gasteiger partial charge is 0.397 e. The third-order valence-electron chi connectivity index (χ3n) is 2.62. The van der Waals surface area contributed by atoms with E-state index in [1.165, 1.54) is 0 Å². The Hall–Kier alpha value is -1.13. The molecule has 76 valence electrons. The first kappa shape index (κ1) is 9.43. The fourth-order valence-electron chi connectivity index (χ4n) is 1.79. The van der Waals surface area contributed by atoms with E-state index in [1.807, 2.05) is 0 Å². The first-order valence-electron chi connectivity index (χ1n) is 4.86. The van der Waals surface area contributed by atoms with Gasteiger partial charge in [0.1, 0.15) is 5.60 Å². The highest BCUT2D eigenvalue weighted by atomic mass is 16.3. The van der Waals surface area contributed by atoms with Crippen molar-refractivity contribution in [3.8, 4) is 0 Å². The molecule has 0 bridgehead atoms. The average Bonchev–Trinajstić information content (AvgIpc) is 2.19. The number of rotatable bonds is 1. The van der Waals surface area contributed by atoms with Gasteiger partial charge in [0, 0.05) is 6.54 Å². The standard InChI is InChI=1S/C10H15N3O/c11-8-2-3-9(13-6-8)10(14)4-1-5-12-7-10/h2-3,6,12,14H,1,4-5,7,11H2. The minimum absolute atomic E-state index is 0.573. The van der Waals surface area contributed by atoms with Gasteiger partial charge in [-0.05, 0) is 31.5 Å². The summed E-state index contributed by atoms with van der Waals surface area (Å²) in [4.78, 5) is 4.16. The van der Waals surface area contributed by atoms with E-state index in [0.29, 0.717) is 17.9 Å². The van der Waals surface area contributed by atoms with Gasteiger partial charge in [0.05, 0.1) is 17.6 Å². The average molecular weight is 193 g/mol. The summed E-state index contributed by atoms with van der Waals surface area (Å²) in [6.45, 7) is 1.54. The molecule has 1 atom stereocenters. The molecule has 1 fully saturated rings. The van der Waals surface area contributed by atoms with Crippen LogP contribution in [0.25, 0.3) is 0 Å². The van der Waals surface area contributed by atoms with Gasteiger partial charge < -0.3 is 16.2 Å². The summed E-state index contributed by atoms with van der Waals surface area (Å²) < 4.78 is 0. The Balaban J connectivity index is 2.23. The molecule has 0 saturated carbocycles. The van der Waals surface area contributed by atoms with Crippen LogP contribution in [-0.4, -0.2) is 23.2 Å². The Morgan fingerprint density at radius 3 is 2.93 bits per heavy atom. The van der Waals surface area contributed by atoms with Crippen LogP contribution < -0.4 is 11.1 Å². The van der Waals surface area contributed by atoms with E-state index in [0.717, 1.165) is 19.4 Å². The fraction of sp³-hybridized carbons (Fsp3) is 0.500. The van der Waals surface area contributed by atoms with Crippen molar-refractivity contribution in [1.82, 2.24) is 10.3 Å². The Morgan fingerprint density at radius 2 is 2.36 bits per heavy atom. The van der Waals surface area contributed by atoms with E-state index in [-0.39, 0.29) is 0 Å². The molecule has 1 unspecified atom stereocenters. The lowest BCUT2D eigenvalue weighted by molar-refractivity contribution is 0.00827. The van der Waals surface area contributed by atoms with Crippen molar-refractivity contribution < 1.29 is 5.11 Å². The topological polar surface area (TPSA) is 71.2 Å². The molecule has 4 nitrogen and oxygen atoms in total. The maximum atomic E-state index is 10.3. The number of nitrogens with one attached hydrogen (secondary N) is 1. The lowest BCUT2D eigenvalue weighted by Crippen LogP contribution is -2.43. The number of nitrogens with zero attached hydrogens (tertiary/aromatic N) is 1. The summed E-state index contributed by atoms with van der Waals surface area (Å²) >= 11 is 0. The number of β-amino-alcohol motifs (C(OH)–C–C–N with tert-alkyl or cyclic N) is 1. The molecule has 0 aromatic carbocycles. The monoisotopic (exact) mass is 193 g/mol. The smallest absolute Gasteiger partial charge is 0.119 e. The summed E-state index contributed by atoms with van der Waals surface area (Å²) in [5, 5.41) is 13.4. The molecule has 0 aliphatic carbocycles. The molecule has 4 heteroatoms. The van der Waals surface area contributed by atoms with Gasteiger partial charge in [-0.1, -0.05) is 0 Å². The van der Waals surface area contributed by atoms with Gasteiger partial charge in [-0.15, -0.1) is 0 Å². The second-order valence-electron chi connectivity index (χ2n) is 3.79. The highest BCUT2D eigenvalue weighted by Gasteiger charge is 2.32. The Bertz CT molecular complexity index is 304. The zero-order valence-corrected chi connectivity index (χ0v) is 8.03. The summed E-state index contributed by atoms with van der Waals surface area (Å²) in [5.74, 6) is 0. The van der Waals surface area contributed by atoms with E-state index in [4.69, 9.17) is 5.73 Å². The lowest BCUT2D eigenvalue weighted by Gasteiger charge is -2.32. The second kappa shape index (κ2) is 3.55. The van der Waals surface area contributed by atoms with Gasteiger partial charge in [0.2, 0.25) is 0 Å². The molecule has 1 aromatic rings. The Labute approximate surface area is 83.2 Å².